The molecule has 0 saturated carbocycles. The number of carbonyl (C=O) groups is 2. The van der Waals surface area contributed by atoms with Crippen LogP contribution < -0.4 is 5.32 Å². The summed E-state index contributed by atoms with van der Waals surface area (Å²) in [6, 6.07) is 9.99. The summed E-state index contributed by atoms with van der Waals surface area (Å²) in [5, 5.41) is 2.83. The highest BCUT2D eigenvalue weighted by Crippen LogP contribution is 2.36. The Kier molecular flexibility index (Phi) is 4.43. The van der Waals surface area contributed by atoms with Gasteiger partial charge in [0.15, 0.2) is 0 Å². The Bertz CT molecular complexity index is 538. The van der Waals surface area contributed by atoms with Crippen molar-refractivity contribution < 1.29 is 14.3 Å². The van der Waals surface area contributed by atoms with Gasteiger partial charge >= 0.3 is 0 Å². The second kappa shape index (κ2) is 6.48. The first-order valence-electron chi connectivity index (χ1n) is 7.92. The van der Waals surface area contributed by atoms with Crippen LogP contribution in [0.2, 0.25) is 0 Å². The predicted octanol–water partition coefficient (Wildman–Crippen LogP) is 1.08. The fourth-order valence-electron chi connectivity index (χ4n) is 3.38. The molecule has 5 heteroatoms. The van der Waals surface area contributed by atoms with Gasteiger partial charge in [-0.3, -0.25) is 9.59 Å². The van der Waals surface area contributed by atoms with Crippen LogP contribution >= 0.6 is 0 Å². The molecule has 0 radical (unpaired) electrons. The van der Waals surface area contributed by atoms with Gasteiger partial charge < -0.3 is 15.0 Å². The minimum absolute atomic E-state index is 0.0241. The van der Waals surface area contributed by atoms with E-state index in [-0.39, 0.29) is 11.8 Å². The maximum absolute atomic E-state index is 13.3. The van der Waals surface area contributed by atoms with Crippen LogP contribution in [0.25, 0.3) is 0 Å². The van der Waals surface area contributed by atoms with Gasteiger partial charge in [0.1, 0.15) is 0 Å². The lowest BCUT2D eigenvalue weighted by molar-refractivity contribution is -0.141. The normalized spacial score (nSPS) is 21.8. The molecule has 5 nitrogen and oxygen atoms in total. The molecule has 2 amide bonds. The zero-order valence-corrected chi connectivity index (χ0v) is 12.7. The van der Waals surface area contributed by atoms with Gasteiger partial charge in [0.2, 0.25) is 11.8 Å². The second-order valence-corrected chi connectivity index (χ2v) is 5.95. The molecule has 1 aromatic carbocycles. The highest BCUT2D eigenvalue weighted by molar-refractivity contribution is 5.89. The van der Waals surface area contributed by atoms with E-state index in [0.29, 0.717) is 52.1 Å². The molecular weight excluding hydrogens is 280 g/mol. The SMILES string of the molecule is O=C1CCN(C(=O)C2(c3ccccc3)CCOCC2)CCN1. The highest BCUT2D eigenvalue weighted by atomic mass is 16.5. The van der Waals surface area contributed by atoms with Crippen molar-refractivity contribution in [2.45, 2.75) is 24.7 Å². The molecule has 0 spiro atoms. The number of nitrogens with one attached hydrogen (secondary N) is 1. The Hall–Kier alpha value is -1.88. The van der Waals surface area contributed by atoms with Gasteiger partial charge in [0.25, 0.3) is 0 Å². The smallest absolute Gasteiger partial charge is 0.233 e. The molecule has 22 heavy (non-hydrogen) atoms. The molecule has 0 aliphatic carbocycles. The standard InChI is InChI=1S/C17H22N2O3/c20-15-6-10-19(11-9-18-15)16(21)17(7-12-22-13-8-17)14-4-2-1-3-5-14/h1-5H,6-13H2,(H,18,20). The van der Waals surface area contributed by atoms with Crippen molar-refractivity contribution in [2.75, 3.05) is 32.8 Å². The van der Waals surface area contributed by atoms with Crippen molar-refractivity contribution in [3.63, 3.8) is 0 Å². The summed E-state index contributed by atoms with van der Waals surface area (Å²) in [7, 11) is 0. The second-order valence-electron chi connectivity index (χ2n) is 5.95. The Labute approximate surface area is 130 Å². The van der Waals surface area contributed by atoms with Gasteiger partial charge in [0.05, 0.1) is 5.41 Å². The maximum Gasteiger partial charge on any atom is 0.233 e. The van der Waals surface area contributed by atoms with Gasteiger partial charge in [-0.1, -0.05) is 30.3 Å². The Morgan fingerprint density at radius 2 is 1.86 bits per heavy atom. The summed E-state index contributed by atoms with van der Waals surface area (Å²) in [4.78, 5) is 26.6. The third-order valence-electron chi connectivity index (χ3n) is 4.68. The van der Waals surface area contributed by atoms with Crippen LogP contribution in [0.5, 0.6) is 0 Å². The number of nitrogens with zero attached hydrogens (tertiary/aromatic N) is 1. The Morgan fingerprint density at radius 3 is 2.59 bits per heavy atom. The quantitative estimate of drug-likeness (QED) is 0.889. The summed E-state index contributed by atoms with van der Waals surface area (Å²) in [5.41, 5.74) is 0.555. The van der Waals surface area contributed by atoms with Crippen LogP contribution in [0.1, 0.15) is 24.8 Å². The number of hydrogen-bond acceptors (Lipinski definition) is 3. The van der Waals surface area contributed by atoms with Crippen molar-refractivity contribution in [1.82, 2.24) is 10.2 Å². The number of amides is 2. The highest BCUT2D eigenvalue weighted by Gasteiger charge is 2.44. The number of carbonyl (C=O) groups excluding carboxylic acids is 2. The summed E-state index contributed by atoms with van der Waals surface area (Å²) >= 11 is 0. The first-order chi connectivity index (χ1) is 10.7. The number of ether oxygens (including phenoxy) is 1. The minimum Gasteiger partial charge on any atom is -0.381 e. The monoisotopic (exact) mass is 302 g/mol. The lowest BCUT2D eigenvalue weighted by Crippen LogP contribution is -2.50. The molecule has 0 unspecified atom stereocenters. The van der Waals surface area contributed by atoms with E-state index in [1.54, 1.807) is 0 Å². The van der Waals surface area contributed by atoms with E-state index in [0.717, 1.165) is 5.56 Å². The molecule has 1 aromatic rings. The topological polar surface area (TPSA) is 58.6 Å². The summed E-state index contributed by atoms with van der Waals surface area (Å²) in [5.74, 6) is 0.162. The predicted molar refractivity (Wildman–Crippen MR) is 82.4 cm³/mol. The molecule has 2 heterocycles. The molecule has 2 aliphatic heterocycles. The van der Waals surface area contributed by atoms with Crippen molar-refractivity contribution in [3.05, 3.63) is 35.9 Å². The number of benzene rings is 1. The van der Waals surface area contributed by atoms with Crippen molar-refractivity contribution in [2.24, 2.45) is 0 Å². The molecule has 2 aliphatic rings. The molecule has 0 aromatic heterocycles. The zero-order valence-electron chi connectivity index (χ0n) is 12.7. The maximum atomic E-state index is 13.3. The van der Waals surface area contributed by atoms with Crippen LogP contribution in [0.15, 0.2) is 30.3 Å². The molecule has 118 valence electrons. The summed E-state index contributed by atoms with van der Waals surface area (Å²) < 4.78 is 5.49. The average molecular weight is 302 g/mol. The van der Waals surface area contributed by atoms with E-state index < -0.39 is 5.41 Å². The van der Waals surface area contributed by atoms with Crippen LogP contribution in [0.3, 0.4) is 0 Å². The lowest BCUT2D eigenvalue weighted by atomic mass is 9.73. The first-order valence-corrected chi connectivity index (χ1v) is 7.92. The van der Waals surface area contributed by atoms with Crippen LogP contribution in [-0.4, -0.2) is 49.6 Å². The summed E-state index contributed by atoms with van der Waals surface area (Å²) in [6.45, 7) is 2.82. The lowest BCUT2D eigenvalue weighted by Gasteiger charge is -2.39. The summed E-state index contributed by atoms with van der Waals surface area (Å²) in [6.07, 6.45) is 1.79. The zero-order chi connectivity index (χ0) is 15.4. The number of rotatable bonds is 2. The fourth-order valence-corrected chi connectivity index (χ4v) is 3.38. The van der Waals surface area contributed by atoms with E-state index in [2.05, 4.69) is 5.32 Å². The van der Waals surface area contributed by atoms with Crippen LogP contribution in [-0.2, 0) is 19.7 Å². The van der Waals surface area contributed by atoms with E-state index in [1.165, 1.54) is 0 Å². The van der Waals surface area contributed by atoms with Crippen molar-refractivity contribution >= 4 is 11.8 Å². The average Bonchev–Trinajstić information content (AvgIpc) is 2.80. The van der Waals surface area contributed by atoms with E-state index >= 15 is 0 Å². The molecule has 0 atom stereocenters. The molecule has 2 saturated heterocycles. The molecule has 0 bridgehead atoms. The molecule has 3 rings (SSSR count). The molecular formula is C17H22N2O3. The largest absolute Gasteiger partial charge is 0.381 e. The number of hydrogen-bond donors (Lipinski definition) is 1. The minimum atomic E-state index is -0.507. The Morgan fingerprint density at radius 1 is 1.14 bits per heavy atom. The third kappa shape index (κ3) is 2.86. The Balaban J connectivity index is 1.88. The van der Waals surface area contributed by atoms with E-state index in [9.17, 15) is 9.59 Å². The van der Waals surface area contributed by atoms with Crippen LogP contribution in [0, 0.1) is 0 Å². The first kappa shape index (κ1) is 15.0. The van der Waals surface area contributed by atoms with E-state index in [1.807, 2.05) is 35.2 Å². The molecule has 2 fully saturated rings. The van der Waals surface area contributed by atoms with Crippen molar-refractivity contribution in [1.29, 1.82) is 0 Å². The fraction of sp³-hybridized carbons (Fsp3) is 0.529. The van der Waals surface area contributed by atoms with Gasteiger partial charge in [-0.15, -0.1) is 0 Å². The van der Waals surface area contributed by atoms with Gasteiger partial charge in [-0.2, -0.15) is 0 Å². The van der Waals surface area contributed by atoms with Gasteiger partial charge in [-0.25, -0.2) is 0 Å². The van der Waals surface area contributed by atoms with E-state index in [4.69, 9.17) is 4.74 Å². The van der Waals surface area contributed by atoms with Gasteiger partial charge in [-0.05, 0) is 18.4 Å². The van der Waals surface area contributed by atoms with Gasteiger partial charge in [0, 0.05) is 39.3 Å². The van der Waals surface area contributed by atoms with Crippen LogP contribution in [0.4, 0.5) is 0 Å². The third-order valence-corrected chi connectivity index (χ3v) is 4.68. The molecule has 1 N–H and O–H groups in total. The van der Waals surface area contributed by atoms with Crippen molar-refractivity contribution in [3.8, 4) is 0 Å².